The average Bonchev–Trinajstić information content (AvgIpc) is 3.22. The number of methoxy groups -OCH3 is 1. The number of thiazole rings is 1. The summed E-state index contributed by atoms with van der Waals surface area (Å²) in [6.45, 7) is 4.28. The largest absolute Gasteiger partial charge is 0.507 e. The van der Waals surface area contributed by atoms with Gasteiger partial charge in [0.25, 0.3) is 11.2 Å². The molecule has 0 aliphatic carbocycles. The summed E-state index contributed by atoms with van der Waals surface area (Å²) in [5, 5.41) is 21.5. The molecule has 39 heavy (non-hydrogen) atoms. The standard InChI is InChI=1S/C27H27N3O8S/c1-4-11-37-21-8-6-5-7-19(21)24-23(26(33)38-13-12-36-3)16(2)28-27-29(24)25(32)22(39-27)15-17-14-18(30(34)35)9-10-20(17)31/h5-10,14-15,24,31H,4,11-13H2,1-3H3/b22-15+/t24-/m1/s1. The molecule has 1 N–H and O–H groups in total. The van der Waals surface area contributed by atoms with E-state index < -0.39 is 22.5 Å². The van der Waals surface area contributed by atoms with Gasteiger partial charge in [-0.05, 0) is 31.6 Å². The summed E-state index contributed by atoms with van der Waals surface area (Å²) in [5.41, 5.74) is 0.505. The van der Waals surface area contributed by atoms with Crippen LogP contribution >= 0.6 is 11.3 Å². The highest BCUT2D eigenvalue weighted by Gasteiger charge is 2.35. The van der Waals surface area contributed by atoms with E-state index in [1.54, 1.807) is 31.2 Å². The molecule has 0 saturated heterocycles. The summed E-state index contributed by atoms with van der Waals surface area (Å²) in [7, 11) is 1.49. The van der Waals surface area contributed by atoms with Gasteiger partial charge in [0.2, 0.25) is 0 Å². The summed E-state index contributed by atoms with van der Waals surface area (Å²) in [4.78, 5) is 42.6. The van der Waals surface area contributed by atoms with Crippen molar-refractivity contribution in [1.82, 2.24) is 4.57 Å². The number of hydrogen-bond donors (Lipinski definition) is 1. The van der Waals surface area contributed by atoms with Crippen LogP contribution in [-0.2, 0) is 14.3 Å². The number of phenolic OH excluding ortho intramolecular Hbond substituents is 1. The Kier molecular flexibility index (Phi) is 8.57. The maximum absolute atomic E-state index is 13.8. The fourth-order valence-corrected chi connectivity index (χ4v) is 5.17. The van der Waals surface area contributed by atoms with Crippen molar-refractivity contribution >= 4 is 29.1 Å². The zero-order valence-corrected chi connectivity index (χ0v) is 22.4. The van der Waals surface area contributed by atoms with Gasteiger partial charge in [-0.15, -0.1) is 0 Å². The first-order chi connectivity index (χ1) is 18.8. The van der Waals surface area contributed by atoms with Crippen molar-refractivity contribution in [2.24, 2.45) is 4.99 Å². The van der Waals surface area contributed by atoms with Crippen LogP contribution in [0.15, 0.2) is 63.5 Å². The number of fused-ring (bicyclic) bond motifs is 1. The third-order valence-electron chi connectivity index (χ3n) is 5.95. The Balaban J connectivity index is 1.94. The lowest BCUT2D eigenvalue weighted by Gasteiger charge is -2.26. The second kappa shape index (κ2) is 12.0. The molecule has 3 aromatic rings. The van der Waals surface area contributed by atoms with Gasteiger partial charge < -0.3 is 19.3 Å². The Morgan fingerprint density at radius 3 is 2.72 bits per heavy atom. The Hall–Kier alpha value is -4.29. The van der Waals surface area contributed by atoms with E-state index in [1.165, 1.54) is 36.0 Å². The third kappa shape index (κ3) is 5.76. The first kappa shape index (κ1) is 27.7. The molecule has 1 aliphatic heterocycles. The van der Waals surface area contributed by atoms with Gasteiger partial charge in [0, 0.05) is 30.4 Å². The topological polar surface area (TPSA) is 142 Å². The molecule has 12 heteroatoms. The molecule has 4 rings (SSSR count). The van der Waals surface area contributed by atoms with Crippen LogP contribution in [0.4, 0.5) is 5.69 Å². The summed E-state index contributed by atoms with van der Waals surface area (Å²) < 4.78 is 18.0. The van der Waals surface area contributed by atoms with Crippen molar-refractivity contribution in [2.75, 3.05) is 26.9 Å². The maximum atomic E-state index is 13.8. The number of rotatable bonds is 10. The second-order valence-electron chi connectivity index (χ2n) is 8.60. The van der Waals surface area contributed by atoms with Crippen LogP contribution in [0.3, 0.4) is 0 Å². The minimum Gasteiger partial charge on any atom is -0.507 e. The Morgan fingerprint density at radius 1 is 1.23 bits per heavy atom. The molecule has 1 atom stereocenters. The Morgan fingerprint density at radius 2 is 2.00 bits per heavy atom. The predicted molar refractivity (Wildman–Crippen MR) is 144 cm³/mol. The number of non-ortho nitro benzene ring substituents is 1. The quantitative estimate of drug-likeness (QED) is 0.175. The maximum Gasteiger partial charge on any atom is 0.338 e. The van der Waals surface area contributed by atoms with Crippen molar-refractivity contribution < 1.29 is 29.0 Å². The van der Waals surface area contributed by atoms with E-state index in [0.717, 1.165) is 17.8 Å². The Labute approximate surface area is 227 Å². The summed E-state index contributed by atoms with van der Waals surface area (Å²) in [6, 6.07) is 9.78. The SMILES string of the molecule is CCCOc1ccccc1[C@@H]1C(C(=O)OCCOC)=C(C)N=c2s/c(=C/c3cc([N+](=O)[O-])ccc3O)c(=O)n21. The van der Waals surface area contributed by atoms with Crippen LogP contribution in [-0.4, -0.2) is 47.5 Å². The van der Waals surface area contributed by atoms with Crippen molar-refractivity contribution in [3.63, 3.8) is 0 Å². The van der Waals surface area contributed by atoms with Gasteiger partial charge in [0.15, 0.2) is 4.80 Å². The molecule has 2 heterocycles. The van der Waals surface area contributed by atoms with E-state index in [4.69, 9.17) is 14.2 Å². The lowest BCUT2D eigenvalue weighted by atomic mass is 9.95. The number of nitrogens with zero attached hydrogens (tertiary/aromatic N) is 3. The highest BCUT2D eigenvalue weighted by molar-refractivity contribution is 7.07. The molecule has 2 aromatic carbocycles. The normalized spacial score (nSPS) is 15.1. The van der Waals surface area contributed by atoms with Crippen molar-refractivity contribution in [2.45, 2.75) is 26.3 Å². The third-order valence-corrected chi connectivity index (χ3v) is 6.93. The zero-order chi connectivity index (χ0) is 28.1. The molecule has 11 nitrogen and oxygen atoms in total. The number of allylic oxidation sites excluding steroid dienone is 1. The van der Waals surface area contributed by atoms with Crippen LogP contribution < -0.4 is 19.6 Å². The molecule has 204 valence electrons. The monoisotopic (exact) mass is 553 g/mol. The number of carbonyl (C=O) groups is 1. The van der Waals surface area contributed by atoms with Gasteiger partial charge in [0.05, 0.1) is 33.9 Å². The number of aromatic nitrogens is 1. The number of benzene rings is 2. The number of esters is 1. The first-order valence-corrected chi connectivity index (χ1v) is 13.0. The van der Waals surface area contributed by atoms with E-state index in [0.29, 0.717) is 28.4 Å². The van der Waals surface area contributed by atoms with Crippen LogP contribution in [0.5, 0.6) is 11.5 Å². The molecule has 1 aromatic heterocycles. The molecule has 0 bridgehead atoms. The van der Waals surface area contributed by atoms with Crippen molar-refractivity contribution in [3.8, 4) is 11.5 Å². The number of ether oxygens (including phenoxy) is 3. The fourth-order valence-electron chi connectivity index (χ4n) is 4.13. The van der Waals surface area contributed by atoms with E-state index in [9.17, 15) is 24.8 Å². The number of para-hydroxylation sites is 1. The lowest BCUT2D eigenvalue weighted by molar-refractivity contribution is -0.384. The average molecular weight is 554 g/mol. The van der Waals surface area contributed by atoms with Crippen molar-refractivity contribution in [1.29, 1.82) is 0 Å². The zero-order valence-electron chi connectivity index (χ0n) is 21.6. The Bertz CT molecular complexity index is 1620. The van der Waals surface area contributed by atoms with E-state index in [1.807, 2.05) is 6.92 Å². The highest BCUT2D eigenvalue weighted by atomic mass is 32.1. The van der Waals surface area contributed by atoms with Gasteiger partial charge in [-0.3, -0.25) is 19.5 Å². The van der Waals surface area contributed by atoms with Gasteiger partial charge in [-0.1, -0.05) is 36.5 Å². The molecule has 0 saturated carbocycles. The minimum atomic E-state index is -0.912. The van der Waals surface area contributed by atoms with Crippen LogP contribution in [0.2, 0.25) is 0 Å². The summed E-state index contributed by atoms with van der Waals surface area (Å²) in [5.74, 6) is -0.360. The van der Waals surface area contributed by atoms with E-state index in [-0.39, 0.29) is 40.3 Å². The molecule has 0 spiro atoms. The van der Waals surface area contributed by atoms with E-state index >= 15 is 0 Å². The minimum absolute atomic E-state index is 0.0172. The van der Waals surface area contributed by atoms with E-state index in [2.05, 4.69) is 4.99 Å². The van der Waals surface area contributed by atoms with Gasteiger partial charge in [-0.25, -0.2) is 9.79 Å². The molecule has 0 fully saturated rings. The first-order valence-electron chi connectivity index (χ1n) is 12.1. The number of hydrogen-bond acceptors (Lipinski definition) is 10. The number of nitro groups is 1. The molecular weight excluding hydrogens is 526 g/mol. The van der Waals surface area contributed by atoms with Crippen LogP contribution in [0.25, 0.3) is 6.08 Å². The molecule has 1 aliphatic rings. The van der Waals surface area contributed by atoms with Gasteiger partial charge in [-0.2, -0.15) is 0 Å². The summed E-state index contributed by atoms with van der Waals surface area (Å²) in [6.07, 6.45) is 2.13. The smallest absolute Gasteiger partial charge is 0.338 e. The molecule has 0 amide bonds. The molecule has 0 radical (unpaired) electrons. The summed E-state index contributed by atoms with van der Waals surface area (Å²) >= 11 is 1.04. The van der Waals surface area contributed by atoms with Gasteiger partial charge in [0.1, 0.15) is 24.1 Å². The number of carbonyl (C=O) groups excluding carboxylic acids is 1. The van der Waals surface area contributed by atoms with Crippen LogP contribution in [0, 0.1) is 10.1 Å². The van der Waals surface area contributed by atoms with Crippen LogP contribution in [0.1, 0.15) is 37.4 Å². The second-order valence-corrected chi connectivity index (χ2v) is 9.61. The number of phenols is 1. The number of aromatic hydroxyl groups is 1. The molecular formula is C27H27N3O8S. The van der Waals surface area contributed by atoms with Crippen molar-refractivity contribution in [3.05, 3.63) is 94.7 Å². The fraction of sp³-hybridized carbons (Fsp3) is 0.296. The number of nitro benzene ring substituents is 1. The van der Waals surface area contributed by atoms with Gasteiger partial charge >= 0.3 is 5.97 Å². The predicted octanol–water partition coefficient (Wildman–Crippen LogP) is 2.83. The molecule has 0 unspecified atom stereocenters. The highest BCUT2D eigenvalue weighted by Crippen LogP contribution is 2.36. The lowest BCUT2D eigenvalue weighted by Crippen LogP contribution is -2.40.